The van der Waals surface area contributed by atoms with Crippen LogP contribution in [0.5, 0.6) is 0 Å². The fourth-order valence-electron chi connectivity index (χ4n) is 1.15. The fraction of sp³-hybridized carbons (Fsp3) is 0.333. The number of rotatable bonds is 4. The highest BCUT2D eigenvalue weighted by atomic mass is 79.9. The Kier molecular flexibility index (Phi) is 4.84. The Balaban J connectivity index is 2.57. The highest BCUT2D eigenvalue weighted by molar-refractivity contribution is 9.15. The maximum Gasteiger partial charge on any atom is 0.0207 e. The van der Waals surface area contributed by atoms with Gasteiger partial charge in [-0.3, -0.25) is 0 Å². The molecule has 1 aromatic carbocycles. The fourth-order valence-corrected chi connectivity index (χ4v) is 1.64. The summed E-state index contributed by atoms with van der Waals surface area (Å²) in [6.45, 7) is 2.21. The maximum absolute atomic E-state index is 3.58. The molecule has 0 nitrogen and oxygen atoms in total. The van der Waals surface area contributed by atoms with E-state index in [2.05, 4.69) is 53.2 Å². The Labute approximate surface area is 88.8 Å². The number of benzene rings is 1. The lowest BCUT2D eigenvalue weighted by Crippen LogP contribution is -1.75. The second kappa shape index (κ2) is 5.98. The zero-order chi connectivity index (χ0) is 9.52. The van der Waals surface area contributed by atoms with E-state index in [-0.39, 0.29) is 0 Å². The van der Waals surface area contributed by atoms with Crippen LogP contribution in [0.1, 0.15) is 31.7 Å². The van der Waals surface area contributed by atoms with Crippen LogP contribution in [0.2, 0.25) is 0 Å². The second-order valence-electron chi connectivity index (χ2n) is 3.06. The van der Waals surface area contributed by atoms with E-state index in [1.54, 1.807) is 0 Å². The van der Waals surface area contributed by atoms with Crippen molar-refractivity contribution < 1.29 is 0 Å². The Hall–Kier alpha value is -0.560. The van der Waals surface area contributed by atoms with E-state index < -0.39 is 0 Å². The number of unbranched alkanes of at least 4 members (excludes halogenated alkanes) is 2. The molecule has 0 N–H and O–H groups in total. The average molecular weight is 239 g/mol. The van der Waals surface area contributed by atoms with E-state index in [1.165, 1.54) is 22.9 Å². The van der Waals surface area contributed by atoms with Gasteiger partial charge in [-0.05, 0) is 12.0 Å². The lowest BCUT2D eigenvalue weighted by molar-refractivity contribution is 0.816. The molecule has 70 valence electrons. The Morgan fingerprint density at radius 3 is 2.62 bits per heavy atom. The molecule has 1 heteroatoms. The van der Waals surface area contributed by atoms with Crippen molar-refractivity contribution in [2.45, 2.75) is 26.2 Å². The molecule has 13 heavy (non-hydrogen) atoms. The van der Waals surface area contributed by atoms with Gasteiger partial charge < -0.3 is 0 Å². The molecule has 1 rings (SSSR count). The molecule has 0 aliphatic carbocycles. The number of allylic oxidation sites excluding steroid dienone is 1. The molecule has 0 fully saturated rings. The average Bonchev–Trinajstić information content (AvgIpc) is 2.19. The third-order valence-electron chi connectivity index (χ3n) is 1.93. The summed E-state index contributed by atoms with van der Waals surface area (Å²) in [6.07, 6.45) is 5.93. The van der Waals surface area contributed by atoms with Crippen LogP contribution >= 0.6 is 15.9 Å². The van der Waals surface area contributed by atoms with Gasteiger partial charge in [0.15, 0.2) is 0 Å². The van der Waals surface area contributed by atoms with Crippen LogP contribution in [-0.2, 0) is 0 Å². The first-order valence-electron chi connectivity index (χ1n) is 4.75. The molecule has 0 aliphatic rings. The predicted molar refractivity (Wildman–Crippen MR) is 62.9 cm³/mol. The van der Waals surface area contributed by atoms with Gasteiger partial charge in [-0.15, -0.1) is 0 Å². The van der Waals surface area contributed by atoms with Crippen LogP contribution in [-0.4, -0.2) is 0 Å². The van der Waals surface area contributed by atoms with E-state index in [1.807, 2.05) is 6.07 Å². The largest absolute Gasteiger partial charge is 0.0697 e. The minimum absolute atomic E-state index is 1.16. The minimum atomic E-state index is 1.16. The maximum atomic E-state index is 3.58. The van der Waals surface area contributed by atoms with Crippen molar-refractivity contribution in [1.29, 1.82) is 0 Å². The van der Waals surface area contributed by atoms with Crippen LogP contribution in [0.4, 0.5) is 0 Å². The van der Waals surface area contributed by atoms with E-state index >= 15 is 0 Å². The van der Waals surface area contributed by atoms with Gasteiger partial charge in [0.05, 0.1) is 0 Å². The minimum Gasteiger partial charge on any atom is -0.0697 e. The van der Waals surface area contributed by atoms with Crippen molar-refractivity contribution in [3.05, 3.63) is 42.0 Å². The Morgan fingerprint density at radius 2 is 2.00 bits per heavy atom. The molecule has 0 radical (unpaired) electrons. The quantitative estimate of drug-likeness (QED) is 0.673. The second-order valence-corrected chi connectivity index (χ2v) is 3.91. The Bertz CT molecular complexity index is 262. The molecule has 0 aliphatic heterocycles. The summed E-state index contributed by atoms with van der Waals surface area (Å²) in [6, 6.07) is 10.4. The van der Waals surface area contributed by atoms with Crippen LogP contribution in [0.25, 0.3) is 4.48 Å². The first kappa shape index (κ1) is 10.5. The summed E-state index contributed by atoms with van der Waals surface area (Å²) in [5.74, 6) is 0. The highest BCUT2D eigenvalue weighted by Crippen LogP contribution is 2.21. The molecule has 0 bridgehead atoms. The SMILES string of the molecule is CCCCC=C(Br)c1ccccc1. The van der Waals surface area contributed by atoms with Gasteiger partial charge in [0, 0.05) is 4.48 Å². The van der Waals surface area contributed by atoms with Gasteiger partial charge >= 0.3 is 0 Å². The molecule has 0 spiro atoms. The van der Waals surface area contributed by atoms with Crippen LogP contribution in [0.15, 0.2) is 36.4 Å². The number of hydrogen-bond acceptors (Lipinski definition) is 0. The van der Waals surface area contributed by atoms with Crippen LogP contribution < -0.4 is 0 Å². The van der Waals surface area contributed by atoms with Gasteiger partial charge in [-0.1, -0.05) is 72.1 Å². The molecule has 0 atom stereocenters. The molecule has 0 saturated carbocycles. The molecule has 0 saturated heterocycles. The first-order valence-corrected chi connectivity index (χ1v) is 5.55. The van der Waals surface area contributed by atoms with Crippen molar-refractivity contribution in [1.82, 2.24) is 0 Å². The zero-order valence-electron chi connectivity index (χ0n) is 7.96. The summed E-state index contributed by atoms with van der Waals surface area (Å²) >= 11 is 3.58. The van der Waals surface area contributed by atoms with Gasteiger partial charge in [-0.2, -0.15) is 0 Å². The van der Waals surface area contributed by atoms with E-state index in [0.29, 0.717) is 0 Å². The van der Waals surface area contributed by atoms with Crippen LogP contribution in [0, 0.1) is 0 Å². The van der Waals surface area contributed by atoms with Gasteiger partial charge in [0.1, 0.15) is 0 Å². The third-order valence-corrected chi connectivity index (χ3v) is 2.71. The van der Waals surface area contributed by atoms with Crippen LogP contribution in [0.3, 0.4) is 0 Å². The summed E-state index contributed by atoms with van der Waals surface area (Å²) in [5, 5.41) is 0. The van der Waals surface area contributed by atoms with Crippen molar-refractivity contribution in [3.63, 3.8) is 0 Å². The Morgan fingerprint density at radius 1 is 1.31 bits per heavy atom. The normalized spacial score (nSPS) is 11.7. The highest BCUT2D eigenvalue weighted by Gasteiger charge is 1.93. The topological polar surface area (TPSA) is 0 Å². The van der Waals surface area contributed by atoms with Crippen molar-refractivity contribution in [2.75, 3.05) is 0 Å². The molecular weight excluding hydrogens is 224 g/mol. The summed E-state index contributed by atoms with van der Waals surface area (Å²) in [7, 11) is 0. The third kappa shape index (κ3) is 3.77. The first-order chi connectivity index (χ1) is 6.34. The summed E-state index contributed by atoms with van der Waals surface area (Å²) < 4.78 is 1.21. The van der Waals surface area contributed by atoms with Crippen molar-refractivity contribution in [3.8, 4) is 0 Å². The molecule has 0 heterocycles. The van der Waals surface area contributed by atoms with E-state index in [0.717, 1.165) is 6.42 Å². The molecule has 0 aromatic heterocycles. The summed E-state index contributed by atoms with van der Waals surface area (Å²) in [4.78, 5) is 0. The monoisotopic (exact) mass is 238 g/mol. The molecular formula is C12H15Br. The molecule has 1 aromatic rings. The number of halogens is 1. The zero-order valence-corrected chi connectivity index (χ0v) is 9.55. The molecule has 0 amide bonds. The van der Waals surface area contributed by atoms with Gasteiger partial charge in [-0.25, -0.2) is 0 Å². The van der Waals surface area contributed by atoms with Crippen molar-refractivity contribution >= 4 is 20.4 Å². The molecule has 0 unspecified atom stereocenters. The standard InChI is InChI=1S/C12H15Br/c1-2-3-5-10-12(13)11-8-6-4-7-9-11/h4,6-10H,2-3,5H2,1H3. The van der Waals surface area contributed by atoms with E-state index in [9.17, 15) is 0 Å². The smallest absolute Gasteiger partial charge is 0.0207 e. The van der Waals surface area contributed by atoms with E-state index in [4.69, 9.17) is 0 Å². The van der Waals surface area contributed by atoms with Gasteiger partial charge in [0.2, 0.25) is 0 Å². The predicted octanol–water partition coefficient (Wildman–Crippen LogP) is 4.61. The lowest BCUT2D eigenvalue weighted by Gasteiger charge is -1.98. The number of hydrogen-bond donors (Lipinski definition) is 0. The van der Waals surface area contributed by atoms with Gasteiger partial charge in [0.25, 0.3) is 0 Å². The van der Waals surface area contributed by atoms with Crippen molar-refractivity contribution in [2.24, 2.45) is 0 Å². The summed E-state index contributed by atoms with van der Waals surface area (Å²) in [5.41, 5.74) is 1.26. The lowest BCUT2D eigenvalue weighted by atomic mass is 10.2.